The Bertz CT molecular complexity index is 1020. The molecular weight excluding hydrogens is 320 g/mol. The number of carbonyl (C=O) groups is 2. The number of benzene rings is 2. The molecule has 124 valence electrons. The minimum absolute atomic E-state index is 0.331. The van der Waals surface area contributed by atoms with Gasteiger partial charge in [0, 0.05) is 28.9 Å². The molecule has 2 N–H and O–H groups in total. The summed E-state index contributed by atoms with van der Waals surface area (Å²) < 4.78 is 5.42. The Morgan fingerprint density at radius 1 is 1.12 bits per heavy atom. The molecule has 0 saturated heterocycles. The number of aromatic nitrogens is 1. The highest BCUT2D eigenvalue weighted by Crippen LogP contribution is 2.40. The molecule has 0 spiro atoms. The molecule has 0 aliphatic carbocycles. The zero-order chi connectivity index (χ0) is 17.4. The summed E-state index contributed by atoms with van der Waals surface area (Å²) in [5.41, 5.74) is 0.397. The van der Waals surface area contributed by atoms with E-state index in [9.17, 15) is 14.7 Å². The summed E-state index contributed by atoms with van der Waals surface area (Å²) in [7, 11) is 0. The fourth-order valence-corrected chi connectivity index (χ4v) is 3.12. The third kappa shape index (κ3) is 2.39. The first kappa shape index (κ1) is 15.1. The van der Waals surface area contributed by atoms with E-state index >= 15 is 0 Å². The van der Waals surface area contributed by atoms with Crippen LogP contribution in [0.5, 0.6) is 5.75 Å². The molecule has 1 unspecified atom stereocenters. The Labute approximate surface area is 142 Å². The zero-order valence-corrected chi connectivity index (χ0v) is 13.1. The molecule has 3 aromatic rings. The molecule has 0 saturated carbocycles. The fourth-order valence-electron chi connectivity index (χ4n) is 3.12. The Hall–Kier alpha value is -3.41. The van der Waals surface area contributed by atoms with Gasteiger partial charge >= 0.3 is 11.9 Å². The lowest BCUT2D eigenvalue weighted by molar-refractivity contribution is -0.146. The van der Waals surface area contributed by atoms with E-state index in [0.717, 1.165) is 10.9 Å². The van der Waals surface area contributed by atoms with E-state index in [0.29, 0.717) is 17.0 Å². The second-order valence-electron chi connectivity index (χ2n) is 5.90. The van der Waals surface area contributed by atoms with Crippen molar-refractivity contribution in [2.24, 2.45) is 4.99 Å². The second-order valence-corrected chi connectivity index (χ2v) is 5.90. The topological polar surface area (TPSA) is 91.8 Å². The number of hydrogen-bond donors (Lipinski definition) is 2. The minimum Gasteiger partial charge on any atom is -0.480 e. The molecule has 0 radical (unpaired) electrons. The van der Waals surface area contributed by atoms with Crippen molar-refractivity contribution in [2.45, 2.75) is 11.8 Å². The van der Waals surface area contributed by atoms with E-state index in [4.69, 9.17) is 4.74 Å². The molecule has 6 nitrogen and oxygen atoms in total. The van der Waals surface area contributed by atoms with Crippen molar-refractivity contribution in [3.05, 3.63) is 60.3 Å². The van der Waals surface area contributed by atoms with Gasteiger partial charge in [0.1, 0.15) is 5.41 Å². The maximum atomic E-state index is 12.5. The maximum absolute atomic E-state index is 12.5. The second kappa shape index (κ2) is 5.59. The number of nitrogens with zero attached hydrogens (tertiary/aromatic N) is 1. The molecule has 4 rings (SSSR count). The molecule has 0 bridgehead atoms. The van der Waals surface area contributed by atoms with Crippen molar-refractivity contribution in [2.75, 3.05) is 0 Å². The SMILES string of the molecule is O=C(CC1(C(=O)O)C=Nc2ccccc21)Oc1c[nH]c2ccccc12. The summed E-state index contributed by atoms with van der Waals surface area (Å²) in [6, 6.07) is 14.3. The number of aliphatic imine (C=N–C) groups is 1. The number of esters is 1. The predicted octanol–water partition coefficient (Wildman–Crippen LogP) is 3.20. The van der Waals surface area contributed by atoms with Crippen LogP contribution >= 0.6 is 0 Å². The molecule has 0 fully saturated rings. The predicted molar refractivity (Wildman–Crippen MR) is 92.5 cm³/mol. The van der Waals surface area contributed by atoms with Crippen molar-refractivity contribution in [1.29, 1.82) is 0 Å². The summed E-state index contributed by atoms with van der Waals surface area (Å²) in [5, 5.41) is 10.5. The van der Waals surface area contributed by atoms with Crippen molar-refractivity contribution in [3.63, 3.8) is 0 Å². The van der Waals surface area contributed by atoms with Crippen LogP contribution in [-0.2, 0) is 15.0 Å². The van der Waals surface area contributed by atoms with Gasteiger partial charge in [0.2, 0.25) is 0 Å². The number of aromatic amines is 1. The van der Waals surface area contributed by atoms with Crippen molar-refractivity contribution >= 4 is 34.7 Å². The smallest absolute Gasteiger partial charge is 0.320 e. The molecule has 0 amide bonds. The van der Waals surface area contributed by atoms with Crippen LogP contribution in [0.25, 0.3) is 10.9 Å². The van der Waals surface area contributed by atoms with E-state index in [1.165, 1.54) is 6.21 Å². The minimum atomic E-state index is -1.50. The Balaban J connectivity index is 1.63. The first-order chi connectivity index (χ1) is 12.1. The van der Waals surface area contributed by atoms with Gasteiger partial charge in [-0.3, -0.25) is 14.6 Å². The number of para-hydroxylation sites is 2. The van der Waals surface area contributed by atoms with Gasteiger partial charge in [0.25, 0.3) is 0 Å². The Morgan fingerprint density at radius 2 is 1.88 bits per heavy atom. The molecule has 6 heteroatoms. The lowest BCUT2D eigenvalue weighted by Gasteiger charge is -2.21. The van der Waals surface area contributed by atoms with Gasteiger partial charge in [0.15, 0.2) is 5.75 Å². The van der Waals surface area contributed by atoms with Crippen LogP contribution < -0.4 is 4.74 Å². The molecule has 25 heavy (non-hydrogen) atoms. The van der Waals surface area contributed by atoms with Crippen LogP contribution in [0.4, 0.5) is 5.69 Å². The van der Waals surface area contributed by atoms with E-state index in [1.807, 2.05) is 24.3 Å². The molecule has 1 atom stereocenters. The van der Waals surface area contributed by atoms with Gasteiger partial charge in [-0.15, -0.1) is 0 Å². The van der Waals surface area contributed by atoms with Crippen LogP contribution in [-0.4, -0.2) is 28.2 Å². The highest BCUT2D eigenvalue weighted by atomic mass is 16.5. The van der Waals surface area contributed by atoms with E-state index in [1.54, 1.807) is 30.5 Å². The van der Waals surface area contributed by atoms with Gasteiger partial charge in [0.05, 0.1) is 12.1 Å². The summed E-state index contributed by atoms with van der Waals surface area (Å²) in [5.74, 6) is -1.38. The monoisotopic (exact) mass is 334 g/mol. The van der Waals surface area contributed by atoms with Gasteiger partial charge < -0.3 is 14.8 Å². The van der Waals surface area contributed by atoms with Crippen molar-refractivity contribution in [3.8, 4) is 5.75 Å². The van der Waals surface area contributed by atoms with Crippen LogP contribution in [0, 0.1) is 0 Å². The number of nitrogens with one attached hydrogen (secondary N) is 1. The van der Waals surface area contributed by atoms with Crippen LogP contribution in [0.2, 0.25) is 0 Å². The molecule has 2 heterocycles. The highest BCUT2D eigenvalue weighted by molar-refractivity contribution is 6.08. The van der Waals surface area contributed by atoms with Gasteiger partial charge in [-0.2, -0.15) is 0 Å². The van der Waals surface area contributed by atoms with Gasteiger partial charge in [-0.25, -0.2) is 0 Å². The van der Waals surface area contributed by atoms with Gasteiger partial charge in [-0.1, -0.05) is 30.3 Å². The van der Waals surface area contributed by atoms with E-state index in [2.05, 4.69) is 9.98 Å². The first-order valence-electron chi connectivity index (χ1n) is 7.75. The standard InChI is InChI=1S/C19H14N2O4/c22-17(25-16-10-20-14-7-3-1-5-12(14)16)9-19(18(23)24)11-21-15-8-4-2-6-13(15)19/h1-8,10-11,20H,9H2,(H,23,24). The lowest BCUT2D eigenvalue weighted by atomic mass is 9.79. The number of carbonyl (C=O) groups excluding carboxylic acids is 1. The van der Waals surface area contributed by atoms with Crippen LogP contribution in [0.3, 0.4) is 0 Å². The van der Waals surface area contributed by atoms with E-state index < -0.39 is 17.4 Å². The van der Waals surface area contributed by atoms with Crippen LogP contribution in [0.15, 0.2) is 59.7 Å². The third-order valence-electron chi connectivity index (χ3n) is 4.39. The average molecular weight is 334 g/mol. The number of carboxylic acid groups (broad SMARTS) is 1. The van der Waals surface area contributed by atoms with Gasteiger partial charge in [-0.05, 0) is 18.2 Å². The zero-order valence-electron chi connectivity index (χ0n) is 13.1. The highest BCUT2D eigenvalue weighted by Gasteiger charge is 2.46. The van der Waals surface area contributed by atoms with Crippen molar-refractivity contribution < 1.29 is 19.4 Å². The summed E-state index contributed by atoms with van der Waals surface area (Å²) >= 11 is 0. The number of hydrogen-bond acceptors (Lipinski definition) is 4. The van der Waals surface area contributed by atoms with Crippen LogP contribution in [0.1, 0.15) is 12.0 Å². The Kier molecular flexibility index (Phi) is 3.39. The largest absolute Gasteiger partial charge is 0.480 e. The summed E-state index contributed by atoms with van der Waals surface area (Å²) in [6.45, 7) is 0. The molecular formula is C19H14N2O4. The molecule has 1 aliphatic heterocycles. The third-order valence-corrected chi connectivity index (χ3v) is 4.39. The molecule has 1 aromatic heterocycles. The molecule has 1 aliphatic rings. The maximum Gasteiger partial charge on any atom is 0.320 e. The van der Waals surface area contributed by atoms with Crippen molar-refractivity contribution in [1.82, 2.24) is 4.98 Å². The summed E-state index contributed by atoms with van der Waals surface area (Å²) in [6.07, 6.45) is 2.57. The number of fused-ring (bicyclic) bond motifs is 2. The average Bonchev–Trinajstić information content (AvgIpc) is 3.18. The number of carboxylic acids is 1. The quantitative estimate of drug-likeness (QED) is 0.717. The fraction of sp³-hybridized carbons (Fsp3) is 0.105. The normalized spacial score (nSPS) is 18.2. The lowest BCUT2D eigenvalue weighted by Crippen LogP contribution is -2.39. The number of aliphatic carboxylic acids is 1. The first-order valence-corrected chi connectivity index (χ1v) is 7.75. The number of ether oxygens (including phenoxy) is 1. The van der Waals surface area contributed by atoms with E-state index in [-0.39, 0.29) is 6.42 Å². The number of rotatable bonds is 4. The summed E-state index contributed by atoms with van der Waals surface area (Å²) in [4.78, 5) is 31.6. The Morgan fingerprint density at radius 3 is 2.72 bits per heavy atom. The molecule has 2 aromatic carbocycles. The number of H-pyrrole nitrogens is 1.